The molecule has 1 aliphatic heterocycles. The van der Waals surface area contributed by atoms with Gasteiger partial charge in [0, 0.05) is 19.1 Å². The van der Waals surface area contributed by atoms with Crippen molar-refractivity contribution in [2.75, 3.05) is 13.1 Å². The van der Waals surface area contributed by atoms with Gasteiger partial charge in [-0.3, -0.25) is 4.90 Å². The van der Waals surface area contributed by atoms with E-state index in [-0.39, 0.29) is 6.10 Å². The standard InChI is InChI=1S/C11H23NO/c1-8(2)5-10-6-12(9(3)4)7-11(10)13/h8-11,13H,5-7H2,1-4H3/t10-,11+/m1/s1. The average molecular weight is 185 g/mol. The van der Waals surface area contributed by atoms with E-state index >= 15 is 0 Å². The van der Waals surface area contributed by atoms with E-state index in [0.29, 0.717) is 17.9 Å². The van der Waals surface area contributed by atoms with E-state index in [1.165, 1.54) is 0 Å². The fourth-order valence-electron chi connectivity index (χ4n) is 2.15. The van der Waals surface area contributed by atoms with Gasteiger partial charge in [-0.05, 0) is 32.1 Å². The van der Waals surface area contributed by atoms with Crippen molar-refractivity contribution in [2.45, 2.75) is 46.3 Å². The predicted octanol–water partition coefficient (Wildman–Crippen LogP) is 1.73. The Balaban J connectivity index is 2.42. The highest BCUT2D eigenvalue weighted by Gasteiger charge is 2.32. The lowest BCUT2D eigenvalue weighted by Crippen LogP contribution is -2.29. The molecular weight excluding hydrogens is 162 g/mol. The molecule has 0 aromatic rings. The number of β-amino-alcohol motifs (C(OH)–C–C–N with tert-alkyl or cyclic N) is 1. The molecule has 1 aliphatic rings. The third kappa shape index (κ3) is 2.96. The first-order valence-corrected chi connectivity index (χ1v) is 5.42. The third-order valence-electron chi connectivity index (χ3n) is 2.94. The smallest absolute Gasteiger partial charge is 0.0707 e. The maximum absolute atomic E-state index is 9.82. The van der Waals surface area contributed by atoms with Crippen molar-refractivity contribution < 1.29 is 5.11 Å². The summed E-state index contributed by atoms with van der Waals surface area (Å²) in [6.07, 6.45) is 1.06. The Bertz CT molecular complexity index is 156. The highest BCUT2D eigenvalue weighted by atomic mass is 16.3. The number of rotatable bonds is 3. The summed E-state index contributed by atoms with van der Waals surface area (Å²) in [4.78, 5) is 2.37. The lowest BCUT2D eigenvalue weighted by atomic mass is 9.95. The van der Waals surface area contributed by atoms with E-state index in [1.807, 2.05) is 0 Å². The molecule has 2 nitrogen and oxygen atoms in total. The van der Waals surface area contributed by atoms with Gasteiger partial charge in [0.1, 0.15) is 0 Å². The Hall–Kier alpha value is -0.0800. The minimum Gasteiger partial charge on any atom is -0.391 e. The normalized spacial score (nSPS) is 30.7. The van der Waals surface area contributed by atoms with E-state index in [1.54, 1.807) is 0 Å². The number of hydrogen-bond acceptors (Lipinski definition) is 2. The molecule has 0 aromatic heterocycles. The number of likely N-dealkylation sites (tertiary alicyclic amines) is 1. The van der Waals surface area contributed by atoms with Crippen LogP contribution in [0.4, 0.5) is 0 Å². The molecule has 78 valence electrons. The fraction of sp³-hybridized carbons (Fsp3) is 1.00. The molecule has 1 heterocycles. The summed E-state index contributed by atoms with van der Waals surface area (Å²) in [5.41, 5.74) is 0. The van der Waals surface area contributed by atoms with Crippen LogP contribution < -0.4 is 0 Å². The highest BCUT2D eigenvalue weighted by molar-refractivity contribution is 4.85. The van der Waals surface area contributed by atoms with Gasteiger partial charge in [0.05, 0.1) is 6.10 Å². The zero-order chi connectivity index (χ0) is 10.0. The van der Waals surface area contributed by atoms with E-state index < -0.39 is 0 Å². The van der Waals surface area contributed by atoms with Crippen LogP contribution in [-0.4, -0.2) is 35.2 Å². The summed E-state index contributed by atoms with van der Waals surface area (Å²) >= 11 is 0. The fourth-order valence-corrected chi connectivity index (χ4v) is 2.15. The molecule has 1 N–H and O–H groups in total. The molecule has 1 fully saturated rings. The monoisotopic (exact) mass is 185 g/mol. The van der Waals surface area contributed by atoms with Crippen LogP contribution in [0.5, 0.6) is 0 Å². The number of nitrogens with zero attached hydrogens (tertiary/aromatic N) is 1. The van der Waals surface area contributed by atoms with Crippen LogP contribution in [0.1, 0.15) is 34.1 Å². The van der Waals surface area contributed by atoms with E-state index in [9.17, 15) is 5.11 Å². The second-order valence-electron chi connectivity index (χ2n) is 5.00. The second-order valence-corrected chi connectivity index (χ2v) is 5.00. The van der Waals surface area contributed by atoms with E-state index in [4.69, 9.17) is 0 Å². The number of hydrogen-bond donors (Lipinski definition) is 1. The minimum atomic E-state index is -0.0928. The highest BCUT2D eigenvalue weighted by Crippen LogP contribution is 2.24. The van der Waals surface area contributed by atoms with Crippen molar-refractivity contribution in [3.8, 4) is 0 Å². The molecule has 1 saturated heterocycles. The minimum absolute atomic E-state index is 0.0928. The molecule has 2 atom stereocenters. The van der Waals surface area contributed by atoms with Gasteiger partial charge in [-0.25, -0.2) is 0 Å². The first-order chi connectivity index (χ1) is 6.00. The molecule has 1 rings (SSSR count). The molecule has 0 spiro atoms. The summed E-state index contributed by atoms with van der Waals surface area (Å²) in [5.74, 6) is 1.20. The van der Waals surface area contributed by atoms with Gasteiger partial charge >= 0.3 is 0 Å². The van der Waals surface area contributed by atoms with Crippen LogP contribution in [0.2, 0.25) is 0 Å². The Labute approximate surface area is 81.9 Å². The molecular formula is C11H23NO. The lowest BCUT2D eigenvalue weighted by Gasteiger charge is -2.20. The number of aliphatic hydroxyl groups excluding tert-OH is 1. The summed E-state index contributed by atoms with van der Waals surface area (Å²) in [6, 6.07) is 0.576. The van der Waals surface area contributed by atoms with Crippen molar-refractivity contribution in [2.24, 2.45) is 11.8 Å². The first-order valence-electron chi connectivity index (χ1n) is 5.42. The van der Waals surface area contributed by atoms with E-state index in [2.05, 4.69) is 32.6 Å². The van der Waals surface area contributed by atoms with Crippen LogP contribution in [0.15, 0.2) is 0 Å². The van der Waals surface area contributed by atoms with Gasteiger partial charge in [-0.2, -0.15) is 0 Å². The average Bonchev–Trinajstić information content (AvgIpc) is 2.31. The quantitative estimate of drug-likeness (QED) is 0.724. The van der Waals surface area contributed by atoms with Gasteiger partial charge in [-0.1, -0.05) is 13.8 Å². The Morgan fingerprint density at radius 1 is 1.23 bits per heavy atom. The van der Waals surface area contributed by atoms with Crippen molar-refractivity contribution in [3.63, 3.8) is 0 Å². The maximum Gasteiger partial charge on any atom is 0.0707 e. The topological polar surface area (TPSA) is 23.5 Å². The molecule has 2 heteroatoms. The van der Waals surface area contributed by atoms with Gasteiger partial charge in [-0.15, -0.1) is 0 Å². The van der Waals surface area contributed by atoms with Gasteiger partial charge < -0.3 is 5.11 Å². The zero-order valence-electron chi connectivity index (χ0n) is 9.33. The number of aliphatic hydroxyl groups is 1. The largest absolute Gasteiger partial charge is 0.391 e. The van der Waals surface area contributed by atoms with E-state index in [0.717, 1.165) is 19.5 Å². The molecule has 0 amide bonds. The molecule has 0 saturated carbocycles. The molecule has 0 aromatic carbocycles. The molecule has 0 bridgehead atoms. The molecule has 0 radical (unpaired) electrons. The summed E-state index contributed by atoms with van der Waals surface area (Å²) in [7, 11) is 0. The van der Waals surface area contributed by atoms with Crippen LogP contribution in [0, 0.1) is 11.8 Å². The molecule has 0 aliphatic carbocycles. The van der Waals surface area contributed by atoms with Crippen molar-refractivity contribution in [1.82, 2.24) is 4.90 Å². The Morgan fingerprint density at radius 2 is 1.85 bits per heavy atom. The second kappa shape index (κ2) is 4.43. The molecule has 13 heavy (non-hydrogen) atoms. The zero-order valence-corrected chi connectivity index (χ0v) is 9.33. The van der Waals surface area contributed by atoms with Crippen LogP contribution in [0.3, 0.4) is 0 Å². The van der Waals surface area contributed by atoms with Gasteiger partial charge in [0.15, 0.2) is 0 Å². The van der Waals surface area contributed by atoms with Crippen LogP contribution in [0.25, 0.3) is 0 Å². The lowest BCUT2D eigenvalue weighted by molar-refractivity contribution is 0.129. The maximum atomic E-state index is 9.82. The van der Waals surface area contributed by atoms with Gasteiger partial charge in [0.25, 0.3) is 0 Å². The van der Waals surface area contributed by atoms with Crippen molar-refractivity contribution in [3.05, 3.63) is 0 Å². The Morgan fingerprint density at radius 3 is 2.23 bits per heavy atom. The first kappa shape index (κ1) is 11.0. The SMILES string of the molecule is CC(C)C[C@@H]1CN(C(C)C)C[C@@H]1O. The van der Waals surface area contributed by atoms with Crippen molar-refractivity contribution in [1.29, 1.82) is 0 Å². The molecule has 0 unspecified atom stereocenters. The Kier molecular flexibility index (Phi) is 3.74. The van der Waals surface area contributed by atoms with Crippen molar-refractivity contribution >= 4 is 0 Å². The van der Waals surface area contributed by atoms with Crippen LogP contribution in [-0.2, 0) is 0 Å². The van der Waals surface area contributed by atoms with Gasteiger partial charge in [0.2, 0.25) is 0 Å². The summed E-state index contributed by atoms with van der Waals surface area (Å²) in [5, 5.41) is 9.82. The summed E-state index contributed by atoms with van der Waals surface area (Å²) in [6.45, 7) is 10.8. The predicted molar refractivity (Wildman–Crippen MR) is 55.7 cm³/mol. The van der Waals surface area contributed by atoms with Crippen LogP contribution >= 0.6 is 0 Å². The summed E-state index contributed by atoms with van der Waals surface area (Å²) < 4.78 is 0. The third-order valence-corrected chi connectivity index (χ3v) is 2.94.